The van der Waals surface area contributed by atoms with Crippen LogP contribution in [0.2, 0.25) is 0 Å². The minimum absolute atomic E-state index is 0.0533. The molecule has 0 aliphatic carbocycles. The number of nitriles is 1. The third-order valence-electron chi connectivity index (χ3n) is 4.46. The van der Waals surface area contributed by atoms with Crippen LogP contribution in [-0.2, 0) is 4.79 Å². The number of aromatic nitrogens is 2. The molecule has 1 aromatic carbocycles. The number of benzene rings is 1. The van der Waals surface area contributed by atoms with E-state index in [4.69, 9.17) is 17.2 Å². The number of primary amides is 1. The summed E-state index contributed by atoms with van der Waals surface area (Å²) in [5, 5.41) is 12.2. The van der Waals surface area contributed by atoms with Gasteiger partial charge in [-0.05, 0) is 25.0 Å². The summed E-state index contributed by atoms with van der Waals surface area (Å²) in [6, 6.07) is 12.7. The van der Waals surface area contributed by atoms with Crippen LogP contribution in [0.15, 0.2) is 46.4 Å². The van der Waals surface area contributed by atoms with Crippen LogP contribution in [0, 0.1) is 17.2 Å². The lowest BCUT2D eigenvalue weighted by molar-refractivity contribution is -0.122. The Morgan fingerprint density at radius 2 is 2.00 bits per heavy atom. The summed E-state index contributed by atoms with van der Waals surface area (Å²) in [6.07, 6.45) is 1.51. The van der Waals surface area contributed by atoms with Crippen LogP contribution in [-0.4, -0.2) is 40.9 Å². The molecule has 0 radical (unpaired) electrons. The van der Waals surface area contributed by atoms with Gasteiger partial charge in [0.1, 0.15) is 11.9 Å². The first-order valence-corrected chi connectivity index (χ1v) is 9.28. The summed E-state index contributed by atoms with van der Waals surface area (Å²) in [7, 11) is 0. The maximum atomic E-state index is 11.5. The molecule has 2 aromatic rings. The zero-order valence-electron chi connectivity index (χ0n) is 16.2. The van der Waals surface area contributed by atoms with Gasteiger partial charge in [0.25, 0.3) is 0 Å². The monoisotopic (exact) mass is 406 g/mol. The van der Waals surface area contributed by atoms with Crippen molar-refractivity contribution in [1.82, 2.24) is 9.97 Å². The van der Waals surface area contributed by atoms with Gasteiger partial charge in [0.05, 0.1) is 5.92 Å². The third kappa shape index (κ3) is 5.41. The van der Waals surface area contributed by atoms with Crippen molar-refractivity contribution in [2.75, 3.05) is 23.3 Å². The highest BCUT2D eigenvalue weighted by atomic mass is 16.1. The number of hydrogen-bond donors (Lipinski definition) is 4. The van der Waals surface area contributed by atoms with Crippen molar-refractivity contribution in [3.63, 3.8) is 0 Å². The van der Waals surface area contributed by atoms with Crippen LogP contribution in [0.5, 0.6) is 0 Å². The van der Waals surface area contributed by atoms with E-state index in [0.717, 1.165) is 18.5 Å². The Bertz CT molecular complexity index is 1010. The van der Waals surface area contributed by atoms with E-state index in [1.54, 1.807) is 6.07 Å². The molecule has 0 spiro atoms. The lowest BCUT2D eigenvalue weighted by Crippen LogP contribution is -2.41. The van der Waals surface area contributed by atoms with Gasteiger partial charge in [-0.25, -0.2) is 4.98 Å². The van der Waals surface area contributed by atoms with Crippen LogP contribution in [0.1, 0.15) is 18.7 Å². The van der Waals surface area contributed by atoms with Crippen LogP contribution in [0.4, 0.5) is 17.3 Å². The Morgan fingerprint density at radius 1 is 1.23 bits per heavy atom. The Morgan fingerprint density at radius 3 is 2.70 bits per heavy atom. The number of rotatable bonds is 4. The zero-order chi connectivity index (χ0) is 21.5. The molecule has 1 aromatic heterocycles. The van der Waals surface area contributed by atoms with Gasteiger partial charge < -0.3 is 27.4 Å². The molecule has 154 valence electrons. The Kier molecular flexibility index (Phi) is 6.39. The number of piperidine rings is 1. The third-order valence-corrected chi connectivity index (χ3v) is 4.46. The van der Waals surface area contributed by atoms with E-state index in [2.05, 4.69) is 25.3 Å². The highest BCUT2D eigenvalue weighted by Gasteiger charge is 2.25. The smallest absolute Gasteiger partial charge is 0.236 e. The Hall–Kier alpha value is -4.20. The number of hydrogen-bond acceptors (Lipinski definition) is 6. The maximum Gasteiger partial charge on any atom is 0.236 e. The van der Waals surface area contributed by atoms with Crippen molar-refractivity contribution in [2.24, 2.45) is 33.1 Å². The molecule has 30 heavy (non-hydrogen) atoms. The molecule has 0 unspecified atom stereocenters. The van der Waals surface area contributed by atoms with Gasteiger partial charge >= 0.3 is 0 Å². The molecule has 11 heteroatoms. The Balaban J connectivity index is 1.81. The number of aliphatic imine (C=N–C) groups is 2. The molecule has 1 aliphatic rings. The Labute approximate surface area is 173 Å². The van der Waals surface area contributed by atoms with E-state index in [-0.39, 0.29) is 35.4 Å². The summed E-state index contributed by atoms with van der Waals surface area (Å²) < 4.78 is 0. The van der Waals surface area contributed by atoms with Gasteiger partial charge in [-0.1, -0.05) is 18.2 Å². The van der Waals surface area contributed by atoms with Crippen molar-refractivity contribution in [2.45, 2.75) is 12.8 Å². The number of carbonyl (C=O) groups excluding carboxylic acids is 1. The molecule has 2 heterocycles. The molecule has 0 saturated carbocycles. The zero-order valence-corrected chi connectivity index (χ0v) is 16.2. The first kappa shape index (κ1) is 20.5. The number of anilines is 2. The number of nitrogens with one attached hydrogen (secondary N) is 1. The highest BCUT2D eigenvalue weighted by Crippen LogP contribution is 2.24. The number of para-hydroxylation sites is 1. The summed E-state index contributed by atoms with van der Waals surface area (Å²) in [6.45, 7) is 1.10. The summed E-state index contributed by atoms with van der Waals surface area (Å²) in [5.74, 6) is -0.155. The fourth-order valence-corrected chi connectivity index (χ4v) is 3.07. The second-order valence-corrected chi connectivity index (χ2v) is 6.67. The summed E-state index contributed by atoms with van der Waals surface area (Å²) in [4.78, 5) is 29.8. The van der Waals surface area contributed by atoms with E-state index in [1.165, 1.54) is 0 Å². The molecule has 1 aliphatic heterocycles. The molecule has 1 atom stereocenters. The maximum absolute atomic E-state index is 11.5. The number of guanidine groups is 2. The minimum atomic E-state index is -0.354. The average Bonchev–Trinajstić information content (AvgIpc) is 2.74. The van der Waals surface area contributed by atoms with Gasteiger partial charge in [0.2, 0.25) is 23.7 Å². The van der Waals surface area contributed by atoms with Gasteiger partial charge in [-0.3, -0.25) is 4.79 Å². The molecular formula is C19H22N10O. The van der Waals surface area contributed by atoms with Crippen molar-refractivity contribution < 1.29 is 4.79 Å². The minimum Gasteiger partial charge on any atom is -0.369 e. The van der Waals surface area contributed by atoms with Gasteiger partial charge in [-0.15, -0.1) is 0 Å². The first-order chi connectivity index (χ1) is 14.4. The largest absolute Gasteiger partial charge is 0.369 e. The molecule has 3 rings (SSSR count). The number of nitrogens with two attached hydrogens (primary N) is 3. The predicted octanol–water partition coefficient (Wildman–Crippen LogP) is 0.423. The van der Waals surface area contributed by atoms with Crippen molar-refractivity contribution in [3.8, 4) is 6.07 Å². The van der Waals surface area contributed by atoms with Crippen molar-refractivity contribution >= 4 is 35.1 Å². The molecule has 7 N–H and O–H groups in total. The van der Waals surface area contributed by atoms with Crippen LogP contribution >= 0.6 is 0 Å². The lowest BCUT2D eigenvalue weighted by atomic mass is 9.97. The fraction of sp³-hybridized carbons (Fsp3) is 0.263. The highest BCUT2D eigenvalue weighted by molar-refractivity contribution is 6.01. The van der Waals surface area contributed by atoms with Crippen LogP contribution < -0.4 is 27.4 Å². The molecule has 1 fully saturated rings. The standard InChI is InChI=1S/C19H22N10O/c20-10-15-25-14(9-16(26-15)29-8-4-5-12(11-29)17(21)30)27-19(23)28-18(22)24-13-6-2-1-3-7-13/h1-3,6-7,9,12H,4-5,8,11H2,(H2,21,30)(H5,22,23,24,25,26,27,28)/t12-/m1/s1. The summed E-state index contributed by atoms with van der Waals surface area (Å²) in [5.41, 5.74) is 17.9. The molecule has 11 nitrogen and oxygen atoms in total. The SMILES string of the molecule is N#Cc1nc(N=C(N)N=C(N)Nc2ccccc2)cc(N2CCC[C@@H](C(N)=O)C2)n1. The average molecular weight is 406 g/mol. The molecule has 1 saturated heterocycles. The van der Waals surface area contributed by atoms with E-state index in [0.29, 0.717) is 18.9 Å². The topological polar surface area (TPSA) is 185 Å². The van der Waals surface area contributed by atoms with Crippen LogP contribution in [0.3, 0.4) is 0 Å². The van der Waals surface area contributed by atoms with Crippen molar-refractivity contribution in [3.05, 3.63) is 42.2 Å². The van der Waals surface area contributed by atoms with Crippen LogP contribution in [0.25, 0.3) is 0 Å². The first-order valence-electron chi connectivity index (χ1n) is 9.28. The fourth-order valence-electron chi connectivity index (χ4n) is 3.07. The molecule has 1 amide bonds. The number of carbonyl (C=O) groups is 1. The van der Waals surface area contributed by atoms with Crippen molar-refractivity contribution in [1.29, 1.82) is 5.26 Å². The quantitative estimate of drug-likeness (QED) is 0.415. The van der Waals surface area contributed by atoms with E-state index < -0.39 is 0 Å². The van der Waals surface area contributed by atoms with E-state index in [1.807, 2.05) is 41.3 Å². The van der Waals surface area contributed by atoms with Gasteiger partial charge in [0, 0.05) is 24.8 Å². The second-order valence-electron chi connectivity index (χ2n) is 6.67. The second kappa shape index (κ2) is 9.33. The predicted molar refractivity (Wildman–Crippen MR) is 114 cm³/mol. The van der Waals surface area contributed by atoms with E-state index in [9.17, 15) is 10.1 Å². The normalized spacial score (nSPS) is 17.3. The molecular weight excluding hydrogens is 384 g/mol. The van der Waals surface area contributed by atoms with Gasteiger partial charge in [-0.2, -0.15) is 20.2 Å². The molecule has 0 bridgehead atoms. The lowest BCUT2D eigenvalue weighted by Gasteiger charge is -2.32. The number of amides is 1. The van der Waals surface area contributed by atoms with Gasteiger partial charge in [0.15, 0.2) is 5.82 Å². The summed E-state index contributed by atoms with van der Waals surface area (Å²) >= 11 is 0. The number of nitrogens with zero attached hydrogens (tertiary/aromatic N) is 6. The van der Waals surface area contributed by atoms with E-state index >= 15 is 0 Å².